The number of aliphatic imine (C=N–C) groups is 1. The molecule has 8 heteroatoms. The Hall–Kier alpha value is -2.61. The minimum atomic E-state index is -0.314. The van der Waals surface area contributed by atoms with Crippen LogP contribution >= 0.6 is 39.3 Å². The molecule has 1 aliphatic rings. The zero-order valence-electron chi connectivity index (χ0n) is 15.9. The molecule has 0 unspecified atom stereocenters. The summed E-state index contributed by atoms with van der Waals surface area (Å²) in [5.41, 5.74) is 2.12. The lowest BCUT2D eigenvalue weighted by Crippen LogP contribution is -2.19. The fourth-order valence-corrected chi connectivity index (χ4v) is 4.14. The predicted molar refractivity (Wildman–Crippen MR) is 127 cm³/mol. The van der Waals surface area contributed by atoms with Crippen LogP contribution < -0.4 is 10.1 Å². The lowest BCUT2D eigenvalue weighted by molar-refractivity contribution is -0.115. The van der Waals surface area contributed by atoms with Crippen molar-refractivity contribution in [2.75, 3.05) is 0 Å². The Bertz CT molecular complexity index is 1200. The van der Waals surface area contributed by atoms with Gasteiger partial charge in [0.15, 0.2) is 5.17 Å². The first-order valence-corrected chi connectivity index (χ1v) is 11.2. The van der Waals surface area contributed by atoms with E-state index in [0.717, 1.165) is 10.0 Å². The van der Waals surface area contributed by atoms with E-state index in [1.165, 1.54) is 23.9 Å². The number of carbonyl (C=O) groups excluding carboxylic acids is 1. The van der Waals surface area contributed by atoms with Crippen molar-refractivity contribution in [3.63, 3.8) is 0 Å². The summed E-state index contributed by atoms with van der Waals surface area (Å²) in [5.74, 6) is 0.0241. The van der Waals surface area contributed by atoms with Gasteiger partial charge < -0.3 is 10.1 Å². The Morgan fingerprint density at radius 2 is 1.94 bits per heavy atom. The number of thioether (sulfide) groups is 1. The van der Waals surface area contributed by atoms with E-state index in [2.05, 4.69) is 26.2 Å². The lowest BCUT2D eigenvalue weighted by Gasteiger charge is -2.10. The summed E-state index contributed by atoms with van der Waals surface area (Å²) >= 11 is 10.6. The summed E-state index contributed by atoms with van der Waals surface area (Å²) < 4.78 is 20.2. The number of halogens is 3. The number of rotatable bonds is 5. The predicted octanol–water partition coefficient (Wildman–Crippen LogP) is 6.71. The smallest absolute Gasteiger partial charge is 0.264 e. The largest absolute Gasteiger partial charge is 0.488 e. The van der Waals surface area contributed by atoms with Gasteiger partial charge in [0.2, 0.25) is 0 Å². The summed E-state index contributed by atoms with van der Waals surface area (Å²) in [6, 6.07) is 18.8. The molecule has 3 aromatic rings. The van der Waals surface area contributed by atoms with Crippen molar-refractivity contribution >= 4 is 62.1 Å². The maximum atomic E-state index is 13.4. The van der Waals surface area contributed by atoms with Gasteiger partial charge in [-0.05, 0) is 78.0 Å². The van der Waals surface area contributed by atoms with Crippen molar-refractivity contribution in [3.05, 3.63) is 98.1 Å². The van der Waals surface area contributed by atoms with E-state index >= 15 is 0 Å². The maximum absolute atomic E-state index is 13.4. The highest BCUT2D eigenvalue weighted by molar-refractivity contribution is 9.10. The highest BCUT2D eigenvalue weighted by atomic mass is 79.9. The number of hydrogen-bond donors (Lipinski definition) is 1. The average molecular weight is 518 g/mol. The topological polar surface area (TPSA) is 50.7 Å². The molecule has 1 aliphatic heterocycles. The minimum absolute atomic E-state index is 0.207. The van der Waals surface area contributed by atoms with Gasteiger partial charge in [-0.3, -0.25) is 4.79 Å². The average Bonchev–Trinajstić information content (AvgIpc) is 3.08. The van der Waals surface area contributed by atoms with Gasteiger partial charge in [-0.25, -0.2) is 9.38 Å². The fourth-order valence-electron chi connectivity index (χ4n) is 2.81. The summed E-state index contributed by atoms with van der Waals surface area (Å²) in [7, 11) is 0. The Morgan fingerprint density at radius 1 is 1.13 bits per heavy atom. The molecule has 1 amide bonds. The molecule has 0 radical (unpaired) electrons. The van der Waals surface area contributed by atoms with Gasteiger partial charge in [0, 0.05) is 15.1 Å². The standard InChI is InChI=1S/C23H15BrClFN2O2S/c24-16-4-9-20(30-13-14-2-1-3-18(26)10-14)15(11-16)12-21-22(29)28-23(31-21)27-19-7-5-17(25)6-8-19/h1-12H,13H2,(H,27,28,29)/b21-12-. The van der Waals surface area contributed by atoms with Crippen LogP contribution in [0.4, 0.5) is 10.1 Å². The second kappa shape index (κ2) is 9.68. The van der Waals surface area contributed by atoms with Gasteiger partial charge in [0.25, 0.3) is 5.91 Å². The number of hydrogen-bond acceptors (Lipinski definition) is 4. The SMILES string of the molecule is O=C1NC(=Nc2ccc(Cl)cc2)S/C1=C\c1cc(Br)ccc1OCc1cccc(F)c1. The van der Waals surface area contributed by atoms with Gasteiger partial charge in [-0.1, -0.05) is 39.7 Å². The Labute approximate surface area is 196 Å². The molecule has 1 N–H and O–H groups in total. The summed E-state index contributed by atoms with van der Waals surface area (Å²) in [6.45, 7) is 0.207. The highest BCUT2D eigenvalue weighted by Gasteiger charge is 2.24. The van der Waals surface area contributed by atoms with E-state index in [9.17, 15) is 9.18 Å². The van der Waals surface area contributed by atoms with Gasteiger partial charge in [-0.15, -0.1) is 0 Å². The molecule has 4 rings (SSSR count). The van der Waals surface area contributed by atoms with Gasteiger partial charge in [0.05, 0.1) is 10.6 Å². The molecule has 1 heterocycles. The molecule has 1 saturated heterocycles. The number of amidine groups is 1. The Balaban J connectivity index is 1.55. The second-order valence-electron chi connectivity index (χ2n) is 6.56. The molecule has 0 saturated carbocycles. The van der Waals surface area contributed by atoms with E-state index in [1.54, 1.807) is 48.5 Å². The van der Waals surface area contributed by atoms with Crippen LogP contribution in [0, 0.1) is 5.82 Å². The number of nitrogens with zero attached hydrogens (tertiary/aromatic N) is 1. The molecule has 4 nitrogen and oxygen atoms in total. The molecule has 0 bridgehead atoms. The van der Waals surface area contributed by atoms with Crippen LogP contribution in [0.25, 0.3) is 6.08 Å². The number of carbonyl (C=O) groups is 1. The quantitative estimate of drug-likeness (QED) is 0.383. The first kappa shape index (κ1) is 21.6. The monoisotopic (exact) mass is 516 g/mol. The number of nitrogens with one attached hydrogen (secondary N) is 1. The fraction of sp³-hybridized carbons (Fsp3) is 0.0435. The Morgan fingerprint density at radius 3 is 2.71 bits per heavy atom. The van der Waals surface area contributed by atoms with Crippen LogP contribution in [-0.2, 0) is 11.4 Å². The molecular weight excluding hydrogens is 503 g/mol. The van der Waals surface area contributed by atoms with Gasteiger partial charge in [-0.2, -0.15) is 0 Å². The minimum Gasteiger partial charge on any atom is -0.488 e. The third-order valence-corrected chi connectivity index (χ3v) is 5.91. The van der Waals surface area contributed by atoms with E-state index in [0.29, 0.717) is 32.1 Å². The van der Waals surface area contributed by atoms with E-state index in [4.69, 9.17) is 16.3 Å². The van der Waals surface area contributed by atoms with Crippen molar-refractivity contribution in [2.24, 2.45) is 4.99 Å². The van der Waals surface area contributed by atoms with Gasteiger partial charge >= 0.3 is 0 Å². The zero-order chi connectivity index (χ0) is 21.8. The molecule has 0 aromatic heterocycles. The number of benzene rings is 3. The third kappa shape index (κ3) is 5.76. The van der Waals surface area contributed by atoms with Crippen molar-refractivity contribution in [3.8, 4) is 5.75 Å². The maximum Gasteiger partial charge on any atom is 0.264 e. The van der Waals surface area contributed by atoms with Crippen molar-refractivity contribution in [1.29, 1.82) is 0 Å². The van der Waals surface area contributed by atoms with E-state index in [1.807, 2.05) is 12.1 Å². The molecule has 0 atom stereocenters. The molecule has 0 aliphatic carbocycles. The normalized spacial score (nSPS) is 16.0. The molecule has 0 spiro atoms. The van der Waals surface area contributed by atoms with Crippen LogP contribution in [0.5, 0.6) is 5.75 Å². The summed E-state index contributed by atoms with van der Waals surface area (Å²) in [5, 5.41) is 3.86. The van der Waals surface area contributed by atoms with Crippen LogP contribution in [0.15, 0.2) is 81.1 Å². The molecule has 156 valence electrons. The lowest BCUT2D eigenvalue weighted by atomic mass is 10.1. The first-order chi connectivity index (χ1) is 15.0. The number of amides is 1. The molecule has 31 heavy (non-hydrogen) atoms. The summed E-state index contributed by atoms with van der Waals surface area (Å²) in [6.07, 6.45) is 1.75. The molecule has 3 aromatic carbocycles. The van der Waals surface area contributed by atoms with Crippen LogP contribution in [-0.4, -0.2) is 11.1 Å². The van der Waals surface area contributed by atoms with Crippen molar-refractivity contribution in [1.82, 2.24) is 5.32 Å². The second-order valence-corrected chi connectivity index (χ2v) is 8.94. The van der Waals surface area contributed by atoms with Gasteiger partial charge in [0.1, 0.15) is 18.2 Å². The van der Waals surface area contributed by atoms with E-state index in [-0.39, 0.29) is 18.3 Å². The van der Waals surface area contributed by atoms with Crippen molar-refractivity contribution < 1.29 is 13.9 Å². The van der Waals surface area contributed by atoms with Crippen molar-refractivity contribution in [2.45, 2.75) is 6.61 Å². The van der Waals surface area contributed by atoms with E-state index < -0.39 is 0 Å². The summed E-state index contributed by atoms with van der Waals surface area (Å²) in [4.78, 5) is 17.4. The van der Waals surface area contributed by atoms with Crippen LogP contribution in [0.3, 0.4) is 0 Å². The molecular formula is C23H15BrClFN2O2S. The Kier molecular flexibility index (Phi) is 6.75. The third-order valence-electron chi connectivity index (χ3n) is 4.25. The molecule has 1 fully saturated rings. The van der Waals surface area contributed by atoms with Crippen LogP contribution in [0.1, 0.15) is 11.1 Å². The zero-order valence-corrected chi connectivity index (χ0v) is 19.1. The van der Waals surface area contributed by atoms with Crippen LogP contribution in [0.2, 0.25) is 5.02 Å². The number of ether oxygens (including phenoxy) is 1. The first-order valence-electron chi connectivity index (χ1n) is 9.18. The highest BCUT2D eigenvalue weighted by Crippen LogP contribution is 2.32.